The maximum Gasteiger partial charge on any atom is 0.137 e. The zero-order valence-electron chi connectivity index (χ0n) is 8.73. The minimum absolute atomic E-state index is 0.0207. The summed E-state index contributed by atoms with van der Waals surface area (Å²) in [4.78, 5) is 11.4. The molecule has 1 rings (SSSR count). The molecule has 0 aliphatic rings. The number of rotatable bonds is 4. The Balaban J connectivity index is 2.83. The molecule has 1 nitrogen and oxygen atoms in total. The topological polar surface area (TPSA) is 17.1 Å². The molecule has 0 aliphatic heterocycles. The summed E-state index contributed by atoms with van der Waals surface area (Å²) in [5, 5.41) is 0. The highest BCUT2D eigenvalue weighted by Crippen LogP contribution is 2.20. The Morgan fingerprint density at radius 3 is 2.50 bits per heavy atom. The second kappa shape index (κ2) is 5.38. The molecule has 74 valence electrons. The van der Waals surface area contributed by atoms with Gasteiger partial charge >= 0.3 is 0 Å². The fraction of sp³-hybridized carbons (Fsp3) is 0.308. The van der Waals surface area contributed by atoms with Crippen molar-refractivity contribution in [3.05, 3.63) is 48.0 Å². The quantitative estimate of drug-likeness (QED) is 0.662. The van der Waals surface area contributed by atoms with Gasteiger partial charge in [0.15, 0.2) is 0 Å². The first-order valence-corrected chi connectivity index (χ1v) is 4.92. The number of hydrogen-bond donors (Lipinski definition) is 0. The van der Waals surface area contributed by atoms with Gasteiger partial charge in [-0.15, -0.1) is 0 Å². The van der Waals surface area contributed by atoms with Crippen molar-refractivity contribution in [3.63, 3.8) is 0 Å². The average molecular weight is 188 g/mol. The molecule has 0 amide bonds. The lowest BCUT2D eigenvalue weighted by Crippen LogP contribution is -2.07. The summed E-state index contributed by atoms with van der Waals surface area (Å²) in [5.41, 5.74) is 1.11. The molecule has 0 saturated heterocycles. The van der Waals surface area contributed by atoms with Crippen LogP contribution in [0.1, 0.15) is 31.7 Å². The lowest BCUT2D eigenvalue weighted by atomic mass is 9.92. The van der Waals surface area contributed by atoms with Gasteiger partial charge in [-0.3, -0.25) is 4.79 Å². The molecule has 0 bridgehead atoms. The maximum atomic E-state index is 11.4. The van der Waals surface area contributed by atoms with E-state index in [9.17, 15) is 4.79 Å². The van der Waals surface area contributed by atoms with E-state index in [0.29, 0.717) is 0 Å². The summed E-state index contributed by atoms with van der Waals surface area (Å²) in [5.74, 6) is 0.252. The molecular formula is C13H16O. The van der Waals surface area contributed by atoms with E-state index in [1.165, 1.54) is 0 Å². The fourth-order valence-electron chi connectivity index (χ4n) is 1.49. The van der Waals surface area contributed by atoms with E-state index in [1.807, 2.05) is 49.4 Å². The Hall–Kier alpha value is -1.37. The second-order valence-electron chi connectivity index (χ2n) is 3.38. The Morgan fingerprint density at radius 2 is 2.00 bits per heavy atom. The van der Waals surface area contributed by atoms with Crippen LogP contribution in [0.15, 0.2) is 42.5 Å². The van der Waals surface area contributed by atoms with Crippen LogP contribution < -0.4 is 0 Å². The summed E-state index contributed by atoms with van der Waals surface area (Å²) in [6.45, 7) is 3.63. The molecule has 1 heteroatoms. The standard InChI is InChI=1S/C13H16O/c1-3-4-10-13(11(2)14)12-8-6-5-7-9-12/h3-9,13H,10H2,1-2H3/b4-3+. The van der Waals surface area contributed by atoms with E-state index in [-0.39, 0.29) is 11.7 Å². The van der Waals surface area contributed by atoms with Crippen LogP contribution >= 0.6 is 0 Å². The third-order valence-electron chi connectivity index (χ3n) is 2.30. The van der Waals surface area contributed by atoms with Gasteiger partial charge in [-0.25, -0.2) is 0 Å². The highest BCUT2D eigenvalue weighted by atomic mass is 16.1. The fourth-order valence-corrected chi connectivity index (χ4v) is 1.49. The van der Waals surface area contributed by atoms with E-state index >= 15 is 0 Å². The van der Waals surface area contributed by atoms with Crippen molar-refractivity contribution in [2.75, 3.05) is 0 Å². The van der Waals surface area contributed by atoms with Crippen molar-refractivity contribution in [2.45, 2.75) is 26.2 Å². The Bertz CT molecular complexity index is 311. The smallest absolute Gasteiger partial charge is 0.137 e. The Labute approximate surface area is 85.5 Å². The van der Waals surface area contributed by atoms with Crippen LogP contribution in [-0.4, -0.2) is 5.78 Å². The van der Waals surface area contributed by atoms with Gasteiger partial charge in [0.1, 0.15) is 5.78 Å². The molecule has 0 aromatic heterocycles. The normalized spacial score (nSPS) is 13.0. The van der Waals surface area contributed by atoms with Crippen molar-refractivity contribution in [3.8, 4) is 0 Å². The van der Waals surface area contributed by atoms with Gasteiger partial charge in [0.05, 0.1) is 0 Å². The Morgan fingerprint density at radius 1 is 1.36 bits per heavy atom. The molecule has 0 heterocycles. The number of ketones is 1. The molecule has 1 aromatic rings. The van der Waals surface area contributed by atoms with Gasteiger partial charge in [-0.2, -0.15) is 0 Å². The van der Waals surface area contributed by atoms with Crippen LogP contribution in [0.5, 0.6) is 0 Å². The van der Waals surface area contributed by atoms with Crippen molar-refractivity contribution in [1.29, 1.82) is 0 Å². The molecule has 0 fully saturated rings. The molecule has 1 unspecified atom stereocenters. The van der Waals surface area contributed by atoms with Crippen molar-refractivity contribution >= 4 is 5.78 Å². The van der Waals surface area contributed by atoms with E-state index in [4.69, 9.17) is 0 Å². The van der Waals surface area contributed by atoms with Gasteiger partial charge in [-0.05, 0) is 25.8 Å². The Kier molecular flexibility index (Phi) is 4.11. The molecule has 0 saturated carbocycles. The van der Waals surface area contributed by atoms with Crippen LogP contribution in [0, 0.1) is 0 Å². The molecule has 0 aliphatic carbocycles. The summed E-state index contributed by atoms with van der Waals surface area (Å²) in [6.07, 6.45) is 4.83. The van der Waals surface area contributed by atoms with Crippen LogP contribution in [0.4, 0.5) is 0 Å². The van der Waals surface area contributed by atoms with Crippen LogP contribution in [0.2, 0.25) is 0 Å². The zero-order valence-corrected chi connectivity index (χ0v) is 8.73. The number of benzene rings is 1. The molecule has 0 spiro atoms. The van der Waals surface area contributed by atoms with Crippen LogP contribution in [-0.2, 0) is 4.79 Å². The zero-order chi connectivity index (χ0) is 10.4. The first-order valence-electron chi connectivity index (χ1n) is 4.92. The summed E-state index contributed by atoms with van der Waals surface area (Å²) in [7, 11) is 0. The molecule has 0 radical (unpaired) electrons. The van der Waals surface area contributed by atoms with Crippen molar-refractivity contribution in [1.82, 2.24) is 0 Å². The van der Waals surface area contributed by atoms with E-state index in [2.05, 4.69) is 0 Å². The summed E-state index contributed by atoms with van der Waals surface area (Å²) >= 11 is 0. The van der Waals surface area contributed by atoms with Gasteiger partial charge in [-0.1, -0.05) is 42.5 Å². The van der Waals surface area contributed by atoms with E-state index < -0.39 is 0 Å². The maximum absolute atomic E-state index is 11.4. The highest BCUT2D eigenvalue weighted by Gasteiger charge is 2.13. The number of carbonyl (C=O) groups excluding carboxylic acids is 1. The predicted octanol–water partition coefficient (Wildman–Crippen LogP) is 3.33. The van der Waals surface area contributed by atoms with Crippen molar-refractivity contribution < 1.29 is 4.79 Å². The van der Waals surface area contributed by atoms with Crippen LogP contribution in [0.3, 0.4) is 0 Å². The van der Waals surface area contributed by atoms with Gasteiger partial charge in [0.25, 0.3) is 0 Å². The minimum Gasteiger partial charge on any atom is -0.299 e. The largest absolute Gasteiger partial charge is 0.299 e. The SMILES string of the molecule is C/C=C/CC(C(C)=O)c1ccccc1. The molecule has 0 N–H and O–H groups in total. The first kappa shape index (κ1) is 10.7. The summed E-state index contributed by atoms with van der Waals surface area (Å²) < 4.78 is 0. The van der Waals surface area contributed by atoms with Gasteiger partial charge in [0.2, 0.25) is 0 Å². The number of allylic oxidation sites excluding steroid dienone is 2. The van der Waals surface area contributed by atoms with E-state index in [1.54, 1.807) is 6.92 Å². The second-order valence-corrected chi connectivity index (χ2v) is 3.38. The predicted molar refractivity (Wildman–Crippen MR) is 59.3 cm³/mol. The molecule has 14 heavy (non-hydrogen) atoms. The highest BCUT2D eigenvalue weighted by molar-refractivity contribution is 5.83. The third kappa shape index (κ3) is 2.84. The van der Waals surface area contributed by atoms with E-state index in [0.717, 1.165) is 12.0 Å². The first-order chi connectivity index (χ1) is 6.75. The molecular weight excluding hydrogens is 172 g/mol. The number of carbonyl (C=O) groups is 1. The minimum atomic E-state index is 0.0207. The van der Waals surface area contributed by atoms with Gasteiger partial charge in [0, 0.05) is 5.92 Å². The summed E-state index contributed by atoms with van der Waals surface area (Å²) in [6, 6.07) is 9.93. The molecule has 1 atom stereocenters. The number of hydrogen-bond acceptors (Lipinski definition) is 1. The average Bonchev–Trinajstić information content (AvgIpc) is 2.19. The lowest BCUT2D eigenvalue weighted by molar-refractivity contribution is -0.118. The monoisotopic (exact) mass is 188 g/mol. The van der Waals surface area contributed by atoms with Gasteiger partial charge < -0.3 is 0 Å². The lowest BCUT2D eigenvalue weighted by Gasteiger charge is -2.11. The molecule has 1 aromatic carbocycles. The van der Waals surface area contributed by atoms with Crippen molar-refractivity contribution in [2.24, 2.45) is 0 Å². The third-order valence-corrected chi connectivity index (χ3v) is 2.30. The van der Waals surface area contributed by atoms with Crippen LogP contribution in [0.25, 0.3) is 0 Å². The number of Topliss-reactive ketones (excluding diaryl/α,β-unsaturated/α-hetero) is 1.